The van der Waals surface area contributed by atoms with Crippen molar-refractivity contribution in [3.8, 4) is 0 Å². The van der Waals surface area contributed by atoms with E-state index in [4.69, 9.17) is 0 Å². The molecular formula is C22H26N6O2. The summed E-state index contributed by atoms with van der Waals surface area (Å²) in [4.78, 5) is 39.7. The number of nitrogens with zero attached hydrogens (tertiary/aromatic N) is 4. The summed E-state index contributed by atoms with van der Waals surface area (Å²) in [7, 11) is 0. The van der Waals surface area contributed by atoms with Crippen LogP contribution in [0.5, 0.6) is 0 Å². The smallest absolute Gasteiger partial charge is 0.293 e. The van der Waals surface area contributed by atoms with E-state index in [1.807, 2.05) is 33.8 Å². The first-order chi connectivity index (χ1) is 14.3. The maximum absolute atomic E-state index is 12.9. The Morgan fingerprint density at radius 3 is 2.10 bits per heavy atom. The topological polar surface area (TPSA) is 100 Å². The van der Waals surface area contributed by atoms with Crippen molar-refractivity contribution in [2.45, 2.75) is 34.6 Å². The first-order valence-corrected chi connectivity index (χ1v) is 9.92. The Balaban J connectivity index is 1.98. The van der Waals surface area contributed by atoms with Crippen molar-refractivity contribution in [2.24, 2.45) is 0 Å². The Labute approximate surface area is 175 Å². The fraction of sp³-hybridized carbons (Fsp3) is 0.318. The predicted molar refractivity (Wildman–Crippen MR) is 119 cm³/mol. The molecule has 2 heterocycles. The molecule has 0 saturated carbocycles. The van der Waals surface area contributed by atoms with Crippen LogP contribution in [0.3, 0.4) is 0 Å². The van der Waals surface area contributed by atoms with Gasteiger partial charge in [-0.1, -0.05) is 0 Å². The van der Waals surface area contributed by atoms with Gasteiger partial charge in [-0.2, -0.15) is 0 Å². The lowest BCUT2D eigenvalue weighted by Crippen LogP contribution is -2.26. The molecule has 8 heteroatoms. The molecule has 0 bridgehead atoms. The van der Waals surface area contributed by atoms with Gasteiger partial charge in [0.2, 0.25) is 11.7 Å². The molecule has 2 amide bonds. The van der Waals surface area contributed by atoms with E-state index in [-0.39, 0.29) is 11.7 Å². The summed E-state index contributed by atoms with van der Waals surface area (Å²) in [5.74, 6) is 0.200. The fourth-order valence-electron chi connectivity index (χ4n) is 3.34. The van der Waals surface area contributed by atoms with Crippen LogP contribution in [-0.2, 0) is 4.79 Å². The van der Waals surface area contributed by atoms with Crippen molar-refractivity contribution in [2.75, 3.05) is 28.6 Å². The van der Waals surface area contributed by atoms with Crippen LogP contribution >= 0.6 is 0 Å². The summed E-state index contributed by atoms with van der Waals surface area (Å²) in [5, 5.41) is 6.36. The number of anilines is 3. The van der Waals surface area contributed by atoms with E-state index in [1.165, 1.54) is 6.92 Å². The molecule has 0 radical (unpaired) electrons. The van der Waals surface area contributed by atoms with Crippen LogP contribution in [0.15, 0.2) is 30.3 Å². The van der Waals surface area contributed by atoms with E-state index >= 15 is 0 Å². The average Bonchev–Trinajstić information content (AvgIpc) is 2.69. The fourth-order valence-corrected chi connectivity index (χ4v) is 3.34. The van der Waals surface area contributed by atoms with Crippen LogP contribution in [0.1, 0.15) is 42.6 Å². The number of pyridine rings is 1. The molecule has 2 aromatic heterocycles. The average molecular weight is 406 g/mol. The Morgan fingerprint density at radius 2 is 1.53 bits per heavy atom. The second-order valence-corrected chi connectivity index (χ2v) is 7.03. The van der Waals surface area contributed by atoms with E-state index < -0.39 is 5.91 Å². The first kappa shape index (κ1) is 21.2. The van der Waals surface area contributed by atoms with Gasteiger partial charge < -0.3 is 15.5 Å². The molecule has 0 spiro atoms. The molecule has 0 aliphatic heterocycles. The Bertz CT molecular complexity index is 1090. The zero-order valence-electron chi connectivity index (χ0n) is 17.9. The SMILES string of the molecule is CCN(CC)c1nc(C(=O)Nc2ccc(NC(C)=O)cc2)nc2nc(C)cc(C)c12. The van der Waals surface area contributed by atoms with Crippen LogP contribution in [0.4, 0.5) is 17.2 Å². The number of nitrogens with one attached hydrogen (secondary N) is 2. The van der Waals surface area contributed by atoms with Gasteiger partial charge in [0.05, 0.1) is 5.39 Å². The number of aromatic nitrogens is 3. The van der Waals surface area contributed by atoms with Gasteiger partial charge in [-0.3, -0.25) is 9.59 Å². The highest BCUT2D eigenvalue weighted by Crippen LogP contribution is 2.27. The van der Waals surface area contributed by atoms with E-state index in [1.54, 1.807) is 24.3 Å². The van der Waals surface area contributed by atoms with E-state index in [0.717, 1.165) is 29.7 Å². The molecule has 0 aliphatic rings. The van der Waals surface area contributed by atoms with Gasteiger partial charge in [-0.15, -0.1) is 0 Å². The molecule has 0 unspecified atom stereocenters. The molecular weight excluding hydrogens is 380 g/mol. The van der Waals surface area contributed by atoms with Gasteiger partial charge in [0, 0.05) is 37.1 Å². The minimum absolute atomic E-state index is 0.0628. The highest BCUT2D eigenvalue weighted by atomic mass is 16.2. The monoisotopic (exact) mass is 406 g/mol. The summed E-state index contributed by atoms with van der Waals surface area (Å²) < 4.78 is 0. The zero-order valence-corrected chi connectivity index (χ0v) is 17.9. The molecule has 1 aromatic carbocycles. The normalized spacial score (nSPS) is 10.7. The van der Waals surface area contributed by atoms with Crippen LogP contribution in [0.25, 0.3) is 11.0 Å². The minimum Gasteiger partial charge on any atom is -0.356 e. The van der Waals surface area contributed by atoms with Crippen LogP contribution in [0.2, 0.25) is 0 Å². The van der Waals surface area contributed by atoms with Gasteiger partial charge in [0.1, 0.15) is 5.82 Å². The maximum atomic E-state index is 12.9. The lowest BCUT2D eigenvalue weighted by molar-refractivity contribution is -0.114. The standard InChI is InChI=1S/C22H26N6O2/c1-6-28(7-2)21-18-13(3)12-14(4)23-19(18)26-20(27-21)22(30)25-17-10-8-16(9-11-17)24-15(5)29/h8-12H,6-7H2,1-5H3,(H,24,29)(H,25,30). The van der Waals surface area contributed by atoms with Crippen LogP contribution in [0, 0.1) is 13.8 Å². The number of carbonyl (C=O) groups excluding carboxylic acids is 2. The lowest BCUT2D eigenvalue weighted by Gasteiger charge is -2.22. The number of hydrogen-bond donors (Lipinski definition) is 2. The van der Waals surface area contributed by atoms with Crippen LogP contribution in [-0.4, -0.2) is 39.9 Å². The highest BCUT2D eigenvalue weighted by Gasteiger charge is 2.19. The molecule has 30 heavy (non-hydrogen) atoms. The zero-order chi connectivity index (χ0) is 21.8. The van der Waals surface area contributed by atoms with Gasteiger partial charge in [-0.05, 0) is 63.6 Å². The van der Waals surface area contributed by atoms with Crippen molar-refractivity contribution >= 4 is 40.0 Å². The maximum Gasteiger partial charge on any atom is 0.293 e. The molecule has 0 aliphatic carbocycles. The number of rotatable bonds is 6. The molecule has 0 fully saturated rings. The summed E-state index contributed by atoms with van der Waals surface area (Å²) in [6, 6.07) is 8.85. The molecule has 3 aromatic rings. The quantitative estimate of drug-likeness (QED) is 0.647. The first-order valence-electron chi connectivity index (χ1n) is 9.92. The Hall–Kier alpha value is -3.55. The molecule has 0 atom stereocenters. The third-order valence-corrected chi connectivity index (χ3v) is 4.70. The van der Waals surface area contributed by atoms with E-state index in [0.29, 0.717) is 22.8 Å². The van der Waals surface area contributed by atoms with E-state index in [2.05, 4.69) is 30.5 Å². The number of carbonyl (C=O) groups is 2. The van der Waals surface area contributed by atoms with Gasteiger partial charge in [0.25, 0.3) is 5.91 Å². The third-order valence-electron chi connectivity index (χ3n) is 4.70. The van der Waals surface area contributed by atoms with Crippen molar-refractivity contribution in [3.63, 3.8) is 0 Å². The molecule has 2 N–H and O–H groups in total. The molecule has 8 nitrogen and oxygen atoms in total. The van der Waals surface area contributed by atoms with Gasteiger partial charge in [-0.25, -0.2) is 15.0 Å². The minimum atomic E-state index is -0.418. The largest absolute Gasteiger partial charge is 0.356 e. The molecule has 156 valence electrons. The molecule has 0 saturated heterocycles. The Kier molecular flexibility index (Phi) is 6.25. The second kappa shape index (κ2) is 8.86. The van der Waals surface area contributed by atoms with Crippen LogP contribution < -0.4 is 15.5 Å². The number of hydrogen-bond acceptors (Lipinski definition) is 6. The van der Waals surface area contributed by atoms with Gasteiger partial charge in [0.15, 0.2) is 5.65 Å². The third kappa shape index (κ3) is 4.53. The van der Waals surface area contributed by atoms with Crippen molar-refractivity contribution in [3.05, 3.63) is 47.4 Å². The summed E-state index contributed by atoms with van der Waals surface area (Å²) >= 11 is 0. The summed E-state index contributed by atoms with van der Waals surface area (Å²) in [6.45, 7) is 10.9. The van der Waals surface area contributed by atoms with Crippen molar-refractivity contribution in [1.29, 1.82) is 0 Å². The number of amides is 2. The highest BCUT2D eigenvalue weighted by molar-refractivity contribution is 6.04. The van der Waals surface area contributed by atoms with Gasteiger partial charge >= 0.3 is 0 Å². The summed E-state index contributed by atoms with van der Waals surface area (Å²) in [5.41, 5.74) is 3.61. The number of benzene rings is 1. The lowest BCUT2D eigenvalue weighted by atomic mass is 10.1. The molecule has 3 rings (SSSR count). The van der Waals surface area contributed by atoms with Crippen molar-refractivity contribution < 1.29 is 9.59 Å². The number of fused-ring (bicyclic) bond motifs is 1. The Morgan fingerprint density at radius 1 is 0.933 bits per heavy atom. The second-order valence-electron chi connectivity index (χ2n) is 7.03. The summed E-state index contributed by atoms with van der Waals surface area (Å²) in [6.07, 6.45) is 0. The van der Waals surface area contributed by atoms with Crippen molar-refractivity contribution in [1.82, 2.24) is 15.0 Å². The van der Waals surface area contributed by atoms with E-state index in [9.17, 15) is 9.59 Å². The predicted octanol–water partition coefficient (Wildman–Crippen LogP) is 3.70. The number of aryl methyl sites for hydroxylation is 2.